The van der Waals surface area contributed by atoms with Gasteiger partial charge in [0.1, 0.15) is 0 Å². The molecular weight excluding hydrogens is 425 g/mol. The van der Waals surface area contributed by atoms with Crippen molar-refractivity contribution >= 4 is 17.3 Å². The number of carbonyl (C=O) groups excluding carboxylic acids is 1. The van der Waals surface area contributed by atoms with E-state index in [1.807, 2.05) is 0 Å². The molecule has 3 aromatic rings. The standard InChI is InChI=1S/C22H17F3N4O3/c1-12-2-5-15(9-18(12)22(23,24)25)27-21(30)17-8-14-10-26-11-19(14)28-20(17)13-3-6-16(7-4-13)29(31)32/h2-9,26H,10-11H2,1H3,(H,27,30). The number of fused-ring (bicyclic) bond motifs is 1. The quantitative estimate of drug-likeness (QED) is 0.445. The zero-order valence-corrected chi connectivity index (χ0v) is 16.8. The van der Waals surface area contributed by atoms with Gasteiger partial charge in [0, 0.05) is 36.5 Å². The molecule has 1 amide bonds. The molecule has 164 valence electrons. The minimum Gasteiger partial charge on any atom is -0.322 e. The Morgan fingerprint density at radius 2 is 1.84 bits per heavy atom. The first-order valence-electron chi connectivity index (χ1n) is 9.61. The van der Waals surface area contributed by atoms with Crippen molar-refractivity contribution in [3.8, 4) is 11.3 Å². The van der Waals surface area contributed by atoms with Crippen LogP contribution in [0.4, 0.5) is 24.5 Å². The molecule has 10 heteroatoms. The number of benzene rings is 2. The molecule has 0 fully saturated rings. The van der Waals surface area contributed by atoms with Gasteiger partial charge in [-0.05, 0) is 48.4 Å². The first-order chi connectivity index (χ1) is 15.1. The predicted molar refractivity (Wildman–Crippen MR) is 111 cm³/mol. The van der Waals surface area contributed by atoms with Crippen LogP contribution in [0.15, 0.2) is 48.5 Å². The van der Waals surface area contributed by atoms with Gasteiger partial charge in [-0.25, -0.2) is 0 Å². The summed E-state index contributed by atoms with van der Waals surface area (Å²) in [6.07, 6.45) is -4.55. The number of pyridine rings is 1. The van der Waals surface area contributed by atoms with Crippen molar-refractivity contribution in [2.45, 2.75) is 26.2 Å². The van der Waals surface area contributed by atoms with E-state index in [0.717, 1.165) is 17.3 Å². The highest BCUT2D eigenvalue weighted by Gasteiger charge is 2.32. The summed E-state index contributed by atoms with van der Waals surface area (Å²) in [5, 5.41) is 16.6. The Hall–Kier alpha value is -3.79. The van der Waals surface area contributed by atoms with Gasteiger partial charge >= 0.3 is 6.18 Å². The number of nitro groups is 1. The largest absolute Gasteiger partial charge is 0.416 e. The number of halogens is 3. The summed E-state index contributed by atoms with van der Waals surface area (Å²) in [7, 11) is 0. The van der Waals surface area contributed by atoms with Crippen LogP contribution < -0.4 is 10.6 Å². The van der Waals surface area contributed by atoms with Crippen LogP contribution in [0.3, 0.4) is 0 Å². The second kappa shape index (κ2) is 8.04. The van der Waals surface area contributed by atoms with Crippen LogP contribution in [-0.2, 0) is 19.3 Å². The minimum atomic E-state index is -4.55. The van der Waals surface area contributed by atoms with Crippen molar-refractivity contribution in [3.05, 3.63) is 86.6 Å². The van der Waals surface area contributed by atoms with Crippen LogP contribution in [0, 0.1) is 17.0 Å². The van der Waals surface area contributed by atoms with Crippen LogP contribution >= 0.6 is 0 Å². The first-order valence-corrected chi connectivity index (χ1v) is 9.61. The molecule has 1 aliphatic rings. The van der Waals surface area contributed by atoms with E-state index in [1.165, 1.54) is 43.3 Å². The van der Waals surface area contributed by atoms with Crippen molar-refractivity contribution < 1.29 is 22.9 Å². The number of anilines is 1. The number of rotatable bonds is 4. The van der Waals surface area contributed by atoms with Crippen molar-refractivity contribution in [1.29, 1.82) is 0 Å². The topological polar surface area (TPSA) is 97.2 Å². The number of amides is 1. The molecule has 0 saturated carbocycles. The summed E-state index contributed by atoms with van der Waals surface area (Å²) >= 11 is 0. The van der Waals surface area contributed by atoms with Crippen LogP contribution in [0.2, 0.25) is 0 Å². The Labute approximate surface area is 180 Å². The number of nitrogens with zero attached hydrogens (tertiary/aromatic N) is 2. The smallest absolute Gasteiger partial charge is 0.322 e. The third-order valence-electron chi connectivity index (χ3n) is 5.20. The van der Waals surface area contributed by atoms with Gasteiger partial charge in [-0.1, -0.05) is 6.07 Å². The maximum absolute atomic E-state index is 13.2. The summed E-state index contributed by atoms with van der Waals surface area (Å²) in [5.41, 5.74) is 1.59. The van der Waals surface area contributed by atoms with E-state index < -0.39 is 22.6 Å². The van der Waals surface area contributed by atoms with E-state index in [4.69, 9.17) is 0 Å². The molecule has 0 saturated heterocycles. The van der Waals surface area contributed by atoms with Crippen molar-refractivity contribution in [3.63, 3.8) is 0 Å². The summed E-state index contributed by atoms with van der Waals surface area (Å²) in [4.78, 5) is 28.0. The number of non-ortho nitro benzene ring substituents is 1. The average Bonchev–Trinajstić information content (AvgIpc) is 3.21. The molecule has 0 atom stereocenters. The van der Waals surface area contributed by atoms with Crippen molar-refractivity contribution in [2.75, 3.05) is 5.32 Å². The number of hydrogen-bond donors (Lipinski definition) is 2. The van der Waals surface area contributed by atoms with E-state index in [0.29, 0.717) is 24.3 Å². The minimum absolute atomic E-state index is 0.00111. The second-order valence-corrected chi connectivity index (χ2v) is 7.38. The molecule has 7 nitrogen and oxygen atoms in total. The van der Waals surface area contributed by atoms with Crippen LogP contribution in [0.25, 0.3) is 11.3 Å². The fraction of sp³-hybridized carbons (Fsp3) is 0.182. The zero-order chi connectivity index (χ0) is 23.0. The predicted octanol–water partition coefficient (Wildman–Crippen LogP) is 4.84. The number of aromatic nitrogens is 1. The lowest BCUT2D eigenvalue weighted by atomic mass is 10.0. The van der Waals surface area contributed by atoms with Crippen LogP contribution in [-0.4, -0.2) is 15.8 Å². The van der Waals surface area contributed by atoms with E-state index in [9.17, 15) is 28.1 Å². The normalized spacial score (nSPS) is 13.0. The number of alkyl halides is 3. The lowest BCUT2D eigenvalue weighted by Gasteiger charge is -2.15. The molecule has 2 N–H and O–H groups in total. The highest BCUT2D eigenvalue weighted by molar-refractivity contribution is 6.08. The highest BCUT2D eigenvalue weighted by atomic mass is 19.4. The number of hydrogen-bond acceptors (Lipinski definition) is 5. The molecule has 0 aliphatic carbocycles. The Kier molecular flexibility index (Phi) is 5.39. The third-order valence-corrected chi connectivity index (χ3v) is 5.20. The Morgan fingerprint density at radius 3 is 2.50 bits per heavy atom. The van der Waals surface area contributed by atoms with Gasteiger partial charge in [0.15, 0.2) is 0 Å². The van der Waals surface area contributed by atoms with Gasteiger partial charge in [-0.3, -0.25) is 19.9 Å². The summed E-state index contributed by atoms with van der Waals surface area (Å²) < 4.78 is 39.7. The van der Waals surface area contributed by atoms with Crippen molar-refractivity contribution in [2.24, 2.45) is 0 Å². The van der Waals surface area contributed by atoms with Gasteiger partial charge in [0.25, 0.3) is 11.6 Å². The Balaban J connectivity index is 1.73. The second-order valence-electron chi connectivity index (χ2n) is 7.38. The van der Waals surface area contributed by atoms with E-state index >= 15 is 0 Å². The van der Waals surface area contributed by atoms with Gasteiger partial charge < -0.3 is 10.6 Å². The number of aryl methyl sites for hydroxylation is 1. The van der Waals surface area contributed by atoms with E-state index in [-0.39, 0.29) is 22.5 Å². The molecule has 1 aromatic heterocycles. The monoisotopic (exact) mass is 442 g/mol. The molecule has 4 rings (SSSR count). The number of nitro benzene ring substituents is 1. The molecular formula is C22H17F3N4O3. The van der Waals surface area contributed by atoms with Crippen LogP contribution in [0.5, 0.6) is 0 Å². The first kappa shape index (κ1) is 21.4. The van der Waals surface area contributed by atoms with E-state index in [2.05, 4.69) is 15.6 Å². The summed E-state index contributed by atoms with van der Waals surface area (Å²) in [6.45, 7) is 2.36. The van der Waals surface area contributed by atoms with Gasteiger partial charge in [-0.15, -0.1) is 0 Å². The maximum Gasteiger partial charge on any atom is 0.416 e. The Morgan fingerprint density at radius 1 is 1.12 bits per heavy atom. The van der Waals surface area contributed by atoms with Gasteiger partial charge in [0.05, 0.1) is 27.4 Å². The van der Waals surface area contributed by atoms with Gasteiger partial charge in [-0.2, -0.15) is 13.2 Å². The van der Waals surface area contributed by atoms with Crippen molar-refractivity contribution in [1.82, 2.24) is 10.3 Å². The highest BCUT2D eigenvalue weighted by Crippen LogP contribution is 2.34. The number of carbonyl (C=O) groups is 1. The number of nitrogens with one attached hydrogen (secondary N) is 2. The maximum atomic E-state index is 13.2. The van der Waals surface area contributed by atoms with Crippen LogP contribution in [0.1, 0.15) is 32.7 Å². The molecule has 2 heterocycles. The zero-order valence-electron chi connectivity index (χ0n) is 16.8. The summed E-state index contributed by atoms with van der Waals surface area (Å²) in [5.74, 6) is -0.627. The molecule has 2 aromatic carbocycles. The molecule has 0 spiro atoms. The Bertz CT molecular complexity index is 1220. The fourth-order valence-electron chi connectivity index (χ4n) is 3.55. The third kappa shape index (κ3) is 4.17. The summed E-state index contributed by atoms with van der Waals surface area (Å²) in [6, 6.07) is 10.8. The molecule has 1 aliphatic heterocycles. The molecule has 0 unspecified atom stereocenters. The SMILES string of the molecule is Cc1ccc(NC(=O)c2cc3c(nc2-c2ccc([N+](=O)[O-])cc2)CNC3)cc1C(F)(F)F. The van der Waals surface area contributed by atoms with Gasteiger partial charge in [0.2, 0.25) is 0 Å². The molecule has 0 radical (unpaired) electrons. The molecule has 0 bridgehead atoms. The average molecular weight is 442 g/mol. The fourth-order valence-corrected chi connectivity index (χ4v) is 3.55. The lowest BCUT2D eigenvalue weighted by molar-refractivity contribution is -0.384. The van der Waals surface area contributed by atoms with E-state index in [1.54, 1.807) is 6.07 Å². The molecule has 32 heavy (non-hydrogen) atoms. The lowest BCUT2D eigenvalue weighted by Crippen LogP contribution is -2.16.